The van der Waals surface area contributed by atoms with E-state index >= 15 is 0 Å². The van der Waals surface area contributed by atoms with Gasteiger partial charge in [-0.15, -0.1) is 0 Å². The Morgan fingerprint density at radius 2 is 2.21 bits per heavy atom. The number of amides is 2. The molecule has 7 nitrogen and oxygen atoms in total. The summed E-state index contributed by atoms with van der Waals surface area (Å²) in [4.78, 5) is 26.4. The zero-order valence-electron chi connectivity index (χ0n) is 10.7. The molecule has 2 amide bonds. The molecule has 0 aromatic carbocycles. The number of carbonyl (C=O) groups excluding carboxylic acids is 1. The van der Waals surface area contributed by atoms with Gasteiger partial charge in [-0.2, -0.15) is 0 Å². The zero-order valence-corrected chi connectivity index (χ0v) is 10.7. The molecular weight excluding hydrogens is 250 g/mol. The van der Waals surface area contributed by atoms with Gasteiger partial charge < -0.3 is 20.2 Å². The van der Waals surface area contributed by atoms with Gasteiger partial charge in [0.05, 0.1) is 18.2 Å². The fourth-order valence-electron chi connectivity index (χ4n) is 1.68. The highest BCUT2D eigenvalue weighted by Crippen LogP contribution is 2.45. The van der Waals surface area contributed by atoms with E-state index in [0.29, 0.717) is 18.7 Å². The van der Waals surface area contributed by atoms with Crippen LogP contribution in [0, 0.1) is 5.41 Å². The summed E-state index contributed by atoms with van der Waals surface area (Å²) in [6.45, 7) is 2.29. The van der Waals surface area contributed by atoms with Crippen LogP contribution in [0.3, 0.4) is 0 Å². The Labute approximate surface area is 110 Å². The number of carboxylic acids is 1. The minimum Gasteiger partial charge on any atom is -0.481 e. The summed E-state index contributed by atoms with van der Waals surface area (Å²) in [6.07, 6.45) is 3.60. The van der Waals surface area contributed by atoms with Gasteiger partial charge in [-0.1, -0.05) is 6.92 Å². The molecule has 1 aliphatic rings. The number of hydrogen-bond acceptors (Lipinski definition) is 4. The number of oxazole rings is 1. The molecule has 1 aromatic rings. The number of carboxylic acid groups (broad SMARTS) is 1. The summed E-state index contributed by atoms with van der Waals surface area (Å²) in [5.74, 6) is 0.347. The number of aryl methyl sites for hydroxylation is 1. The monoisotopic (exact) mass is 267 g/mol. The van der Waals surface area contributed by atoms with Crippen LogP contribution in [0.25, 0.3) is 0 Å². The highest BCUT2D eigenvalue weighted by molar-refractivity contribution is 5.80. The summed E-state index contributed by atoms with van der Waals surface area (Å²) < 4.78 is 5.33. The standard InChI is InChI=1S/C12H17N3O4/c1-2-8-5-13-9(19-8)6-14-11(18)15-7-12(3-4-12)10(16)17/h5H,2-4,6-7H2,1H3,(H,16,17)(H2,14,15,18). The van der Waals surface area contributed by atoms with Crippen LogP contribution in [-0.2, 0) is 17.8 Å². The molecule has 0 saturated heterocycles. The average Bonchev–Trinajstić information content (AvgIpc) is 3.06. The minimum atomic E-state index is -0.854. The molecular formula is C12H17N3O4. The average molecular weight is 267 g/mol. The summed E-state index contributed by atoms with van der Waals surface area (Å²) in [5.41, 5.74) is -0.754. The smallest absolute Gasteiger partial charge is 0.315 e. The van der Waals surface area contributed by atoms with E-state index in [4.69, 9.17) is 9.52 Å². The van der Waals surface area contributed by atoms with Gasteiger partial charge >= 0.3 is 12.0 Å². The predicted octanol–water partition coefficient (Wildman–Crippen LogP) is 0.901. The van der Waals surface area contributed by atoms with E-state index < -0.39 is 17.4 Å². The van der Waals surface area contributed by atoms with Crippen molar-refractivity contribution < 1.29 is 19.1 Å². The molecule has 0 atom stereocenters. The molecule has 104 valence electrons. The number of carbonyl (C=O) groups is 2. The Hall–Kier alpha value is -2.05. The largest absolute Gasteiger partial charge is 0.481 e. The number of aromatic nitrogens is 1. The Morgan fingerprint density at radius 3 is 2.74 bits per heavy atom. The van der Waals surface area contributed by atoms with Crippen molar-refractivity contribution in [2.75, 3.05) is 6.54 Å². The first kappa shape index (κ1) is 13.4. The first-order valence-electron chi connectivity index (χ1n) is 6.24. The molecule has 0 bridgehead atoms. The van der Waals surface area contributed by atoms with Gasteiger partial charge in [0, 0.05) is 13.0 Å². The zero-order chi connectivity index (χ0) is 13.9. The maximum Gasteiger partial charge on any atom is 0.315 e. The summed E-state index contributed by atoms with van der Waals surface area (Å²) in [5, 5.41) is 14.1. The van der Waals surface area contributed by atoms with Crippen molar-refractivity contribution >= 4 is 12.0 Å². The van der Waals surface area contributed by atoms with Crippen molar-refractivity contribution in [1.29, 1.82) is 0 Å². The van der Waals surface area contributed by atoms with Crippen molar-refractivity contribution in [1.82, 2.24) is 15.6 Å². The molecule has 2 rings (SSSR count). The quantitative estimate of drug-likeness (QED) is 0.710. The van der Waals surface area contributed by atoms with E-state index in [0.717, 1.165) is 12.2 Å². The Balaban J connectivity index is 1.71. The molecule has 7 heteroatoms. The van der Waals surface area contributed by atoms with Crippen LogP contribution in [-0.4, -0.2) is 28.6 Å². The number of hydrogen-bond donors (Lipinski definition) is 3. The number of nitrogens with zero attached hydrogens (tertiary/aromatic N) is 1. The summed E-state index contributed by atoms with van der Waals surface area (Å²) >= 11 is 0. The van der Waals surface area contributed by atoms with Gasteiger partial charge in [0.2, 0.25) is 5.89 Å². The van der Waals surface area contributed by atoms with Gasteiger partial charge in [0.1, 0.15) is 5.76 Å². The van der Waals surface area contributed by atoms with E-state index in [-0.39, 0.29) is 13.1 Å². The first-order valence-corrected chi connectivity index (χ1v) is 6.24. The van der Waals surface area contributed by atoms with Crippen LogP contribution in [0.1, 0.15) is 31.4 Å². The van der Waals surface area contributed by atoms with Crippen LogP contribution in [0.5, 0.6) is 0 Å². The van der Waals surface area contributed by atoms with Crippen molar-refractivity contribution in [2.45, 2.75) is 32.7 Å². The Bertz CT molecular complexity index is 479. The number of rotatable bonds is 6. The molecule has 0 spiro atoms. The van der Waals surface area contributed by atoms with Gasteiger partial charge in [-0.25, -0.2) is 9.78 Å². The lowest BCUT2D eigenvalue weighted by Gasteiger charge is -2.11. The fraction of sp³-hybridized carbons (Fsp3) is 0.583. The SMILES string of the molecule is CCc1cnc(CNC(=O)NCC2(C(=O)O)CC2)o1. The second kappa shape index (κ2) is 5.29. The normalized spacial score (nSPS) is 15.8. The van der Waals surface area contributed by atoms with Gasteiger partial charge in [0.25, 0.3) is 0 Å². The van der Waals surface area contributed by atoms with Gasteiger partial charge in [-0.3, -0.25) is 4.79 Å². The first-order chi connectivity index (χ1) is 9.05. The molecule has 0 unspecified atom stereocenters. The van der Waals surface area contributed by atoms with E-state index in [1.165, 1.54) is 0 Å². The summed E-state index contributed by atoms with van der Waals surface area (Å²) in [6, 6.07) is -0.413. The fourth-order valence-corrected chi connectivity index (χ4v) is 1.68. The van der Waals surface area contributed by atoms with Crippen LogP contribution >= 0.6 is 0 Å². The maximum atomic E-state index is 11.5. The van der Waals surface area contributed by atoms with E-state index in [9.17, 15) is 9.59 Å². The molecule has 1 aliphatic carbocycles. The topological polar surface area (TPSA) is 104 Å². The molecule has 0 aliphatic heterocycles. The van der Waals surface area contributed by atoms with Crippen molar-refractivity contribution in [3.8, 4) is 0 Å². The van der Waals surface area contributed by atoms with Crippen LogP contribution in [0.4, 0.5) is 4.79 Å². The summed E-state index contributed by atoms with van der Waals surface area (Å²) in [7, 11) is 0. The molecule has 1 aromatic heterocycles. The number of urea groups is 1. The highest BCUT2D eigenvalue weighted by Gasteiger charge is 2.50. The molecule has 0 radical (unpaired) electrons. The van der Waals surface area contributed by atoms with Crippen LogP contribution in [0.2, 0.25) is 0 Å². The third-order valence-corrected chi connectivity index (χ3v) is 3.24. The van der Waals surface area contributed by atoms with E-state index in [2.05, 4.69) is 15.6 Å². The van der Waals surface area contributed by atoms with E-state index in [1.54, 1.807) is 6.20 Å². The Morgan fingerprint density at radius 1 is 1.47 bits per heavy atom. The lowest BCUT2D eigenvalue weighted by molar-refractivity contribution is -0.143. The molecule has 1 heterocycles. The molecule has 19 heavy (non-hydrogen) atoms. The molecule has 1 fully saturated rings. The van der Waals surface area contributed by atoms with Crippen molar-refractivity contribution in [3.05, 3.63) is 17.8 Å². The maximum absolute atomic E-state index is 11.5. The molecule has 1 saturated carbocycles. The lowest BCUT2D eigenvalue weighted by Crippen LogP contribution is -2.40. The van der Waals surface area contributed by atoms with Crippen molar-refractivity contribution in [2.24, 2.45) is 5.41 Å². The van der Waals surface area contributed by atoms with Gasteiger partial charge in [-0.05, 0) is 12.8 Å². The third kappa shape index (κ3) is 3.24. The number of aliphatic carboxylic acids is 1. The second-order valence-corrected chi connectivity index (χ2v) is 4.70. The molecule has 3 N–H and O–H groups in total. The third-order valence-electron chi connectivity index (χ3n) is 3.24. The predicted molar refractivity (Wildman–Crippen MR) is 65.4 cm³/mol. The van der Waals surface area contributed by atoms with Crippen LogP contribution in [0.15, 0.2) is 10.6 Å². The Kier molecular flexibility index (Phi) is 3.73. The van der Waals surface area contributed by atoms with Crippen molar-refractivity contribution in [3.63, 3.8) is 0 Å². The lowest BCUT2D eigenvalue weighted by atomic mass is 10.1. The minimum absolute atomic E-state index is 0.153. The van der Waals surface area contributed by atoms with E-state index in [1.807, 2.05) is 6.92 Å². The second-order valence-electron chi connectivity index (χ2n) is 4.70. The van der Waals surface area contributed by atoms with Crippen LogP contribution < -0.4 is 10.6 Å². The highest BCUT2D eigenvalue weighted by atomic mass is 16.4. The van der Waals surface area contributed by atoms with Gasteiger partial charge in [0.15, 0.2) is 0 Å². The number of nitrogens with one attached hydrogen (secondary N) is 2.